The molecule has 0 heterocycles. The van der Waals surface area contributed by atoms with Crippen LogP contribution in [0.2, 0.25) is 18.1 Å². The molecule has 0 atom stereocenters. The highest BCUT2D eigenvalue weighted by atomic mass is 28.4. The Labute approximate surface area is 175 Å². The van der Waals surface area contributed by atoms with E-state index in [0.29, 0.717) is 44.9 Å². The van der Waals surface area contributed by atoms with Gasteiger partial charge in [-0.25, -0.2) is 0 Å². The van der Waals surface area contributed by atoms with Gasteiger partial charge in [-0.2, -0.15) is 7.11 Å². The number of aliphatic hydroxyl groups excluding tert-OH is 1. The van der Waals surface area contributed by atoms with Crippen molar-refractivity contribution in [3.8, 4) is 0 Å². The first-order chi connectivity index (χ1) is 13.2. The third-order valence-electron chi connectivity index (χ3n) is 2.51. The lowest BCUT2D eigenvalue weighted by molar-refractivity contribution is -0.367. The third-order valence-corrected chi connectivity index (χ3v) is 6.22. The summed E-state index contributed by atoms with van der Waals surface area (Å²) < 4.78 is 4.43. The van der Waals surface area contributed by atoms with Crippen LogP contribution in [0.25, 0.3) is 0 Å². The lowest BCUT2D eigenvalue weighted by atomic mass is 10.5. The molecule has 0 aromatic rings. The van der Waals surface area contributed by atoms with Gasteiger partial charge in [0.2, 0.25) is 0 Å². The van der Waals surface area contributed by atoms with E-state index in [4.69, 9.17) is 60.0 Å². The van der Waals surface area contributed by atoms with Crippen LogP contribution in [-0.4, -0.2) is 111 Å². The Kier molecular flexibility index (Phi) is 35.6. The van der Waals surface area contributed by atoms with Crippen LogP contribution < -0.4 is 22.3 Å². The predicted molar refractivity (Wildman–Crippen MR) is 110 cm³/mol. The van der Waals surface area contributed by atoms with E-state index in [-0.39, 0.29) is 12.1 Å². The second-order valence-corrected chi connectivity index (χ2v) is 11.7. The Morgan fingerprint density at radius 2 is 1.03 bits per heavy atom. The molecule has 0 aliphatic heterocycles. The number of hydrogen-bond donors (Lipinski definition) is 12. The minimum atomic E-state index is -3.76. The average Bonchev–Trinajstić information content (AvgIpc) is 2.66. The molecule has 0 radical (unpaired) electrons. The van der Waals surface area contributed by atoms with E-state index >= 15 is 0 Å². The SMILES string of the molecule is CO.CO[Si](O)(O)CCCN.C[O-].NCCC[Si](O)(O)O.[NH3+]CCC[Si](O)(O)O. The van der Waals surface area contributed by atoms with Crippen molar-refractivity contribution in [2.75, 3.05) is 41.0 Å². The van der Waals surface area contributed by atoms with Crippen LogP contribution >= 0.6 is 0 Å². The van der Waals surface area contributed by atoms with Crippen LogP contribution in [0.15, 0.2) is 0 Å². The molecule has 0 fully saturated rings. The summed E-state index contributed by atoms with van der Waals surface area (Å²) in [6.07, 6.45) is 1.65. The monoisotopic (exact) mass is 489 g/mol. The van der Waals surface area contributed by atoms with E-state index in [0.717, 1.165) is 14.2 Å². The van der Waals surface area contributed by atoms with Crippen molar-refractivity contribution in [2.24, 2.45) is 11.5 Å². The van der Waals surface area contributed by atoms with Gasteiger partial charge < -0.3 is 70.2 Å². The fourth-order valence-corrected chi connectivity index (χ4v) is 3.41. The first kappa shape index (κ1) is 39.6. The van der Waals surface area contributed by atoms with Gasteiger partial charge in [0.15, 0.2) is 0 Å². The topological polar surface area (TPSA) is 294 Å². The van der Waals surface area contributed by atoms with Crippen LogP contribution in [0.1, 0.15) is 19.3 Å². The van der Waals surface area contributed by atoms with Crippen LogP contribution in [0, 0.1) is 0 Å². The van der Waals surface area contributed by atoms with Gasteiger partial charge in [0, 0.05) is 38.8 Å². The highest BCUT2D eigenvalue weighted by Gasteiger charge is 2.29. The molecule has 16 N–H and O–H groups in total. The first-order valence-corrected chi connectivity index (χ1v) is 14.7. The van der Waals surface area contributed by atoms with Crippen molar-refractivity contribution in [1.82, 2.24) is 0 Å². The van der Waals surface area contributed by atoms with Crippen LogP contribution in [0.5, 0.6) is 0 Å². The summed E-state index contributed by atoms with van der Waals surface area (Å²) in [5.74, 6) is 0. The molecule has 0 saturated carbocycles. The maximum Gasteiger partial charge on any atom is 0.495 e. The van der Waals surface area contributed by atoms with E-state index in [1.165, 1.54) is 7.11 Å². The number of hydrogen-bond acceptors (Lipinski definition) is 13. The summed E-state index contributed by atoms with van der Waals surface area (Å²) in [5.41, 5.74) is 13.6. The maximum atomic E-state index is 8.87. The Balaban J connectivity index is -0.0000000913. The molecular weight excluding hydrogens is 446 g/mol. The standard InChI is InChI=1S/C4H13NO3Si.2C3H11NO3Si.CH4O.CH3O/c1-8-9(6,7)4-2-3-5;2*4-2-1-3-8(5,6)7;2*1-2/h6-7H,2-5H2,1H3;2*5-7H,1-4H2;2H,1H3;1H3/q;;;;-1/p+1. The molecule has 0 aromatic heterocycles. The van der Waals surface area contributed by atoms with Crippen molar-refractivity contribution in [3.05, 3.63) is 0 Å². The molecule has 29 heavy (non-hydrogen) atoms. The molecular formula is C12H43N3O11Si3. The zero-order valence-corrected chi connectivity index (χ0v) is 20.6. The van der Waals surface area contributed by atoms with Gasteiger partial charge in [0.1, 0.15) is 0 Å². The second kappa shape index (κ2) is 26.1. The van der Waals surface area contributed by atoms with Gasteiger partial charge in [0.25, 0.3) is 0 Å². The molecule has 0 rings (SSSR count). The molecule has 0 saturated heterocycles. The molecule has 0 aromatic carbocycles. The quantitative estimate of drug-likeness (QED) is 0.127. The molecule has 0 aliphatic carbocycles. The smallest absolute Gasteiger partial charge is 0.495 e. The van der Waals surface area contributed by atoms with Gasteiger partial charge in [-0.05, 0) is 25.9 Å². The summed E-state index contributed by atoms with van der Waals surface area (Å²) >= 11 is 0. The zero-order chi connectivity index (χ0) is 24.6. The number of quaternary nitrogens is 1. The van der Waals surface area contributed by atoms with E-state index in [2.05, 4.69) is 10.2 Å². The van der Waals surface area contributed by atoms with Crippen LogP contribution in [-0.2, 0) is 4.43 Å². The number of rotatable bonds is 10. The lowest BCUT2D eigenvalue weighted by Crippen LogP contribution is -2.51. The first-order valence-electron chi connectivity index (χ1n) is 8.63. The van der Waals surface area contributed by atoms with Gasteiger partial charge >= 0.3 is 26.4 Å². The van der Waals surface area contributed by atoms with Crippen LogP contribution in [0.3, 0.4) is 0 Å². The van der Waals surface area contributed by atoms with Gasteiger partial charge in [-0.15, -0.1) is 0 Å². The largest absolute Gasteiger partial charge is 0.857 e. The molecule has 17 heteroatoms. The molecule has 184 valence electrons. The van der Waals surface area contributed by atoms with Crippen molar-refractivity contribution < 1.29 is 58.7 Å². The van der Waals surface area contributed by atoms with Gasteiger partial charge in [-0.1, -0.05) is 0 Å². The van der Waals surface area contributed by atoms with Gasteiger partial charge in [-0.3, -0.25) is 0 Å². The minimum Gasteiger partial charge on any atom is -0.857 e. The Bertz CT molecular complexity index is 278. The third kappa shape index (κ3) is 58.4. The number of aliphatic hydroxyl groups is 1. The molecule has 0 unspecified atom stereocenters. The van der Waals surface area contributed by atoms with E-state index in [1.54, 1.807) is 0 Å². The van der Waals surface area contributed by atoms with E-state index in [1.807, 2.05) is 0 Å². The van der Waals surface area contributed by atoms with E-state index in [9.17, 15) is 0 Å². The fraction of sp³-hybridized carbons (Fsp3) is 1.00. The molecule has 0 amide bonds. The Hall–Kier alpha value is 0.0906. The molecule has 0 spiro atoms. The second-order valence-electron chi connectivity index (χ2n) is 5.24. The zero-order valence-electron chi connectivity index (χ0n) is 17.6. The summed E-state index contributed by atoms with van der Waals surface area (Å²) in [6, 6.07) is 0.444. The highest BCUT2D eigenvalue weighted by molar-refractivity contribution is 6.57. The normalized spacial score (nSPS) is 10.8. The van der Waals surface area contributed by atoms with Crippen LogP contribution in [0.4, 0.5) is 0 Å². The van der Waals surface area contributed by atoms with Crippen molar-refractivity contribution in [2.45, 2.75) is 37.4 Å². The molecule has 14 nitrogen and oxygen atoms in total. The predicted octanol–water partition coefficient (Wildman–Crippen LogP) is -6.72. The van der Waals surface area contributed by atoms with Crippen molar-refractivity contribution >= 4 is 26.4 Å². The molecule has 0 bridgehead atoms. The Morgan fingerprint density at radius 1 is 0.724 bits per heavy atom. The fourth-order valence-electron chi connectivity index (χ4n) is 1.14. The summed E-state index contributed by atoms with van der Waals surface area (Å²) in [4.78, 5) is 67.9. The maximum absolute atomic E-state index is 8.87. The Morgan fingerprint density at radius 3 is 1.21 bits per heavy atom. The summed E-state index contributed by atoms with van der Waals surface area (Å²) in [6.45, 7) is 1.49. The van der Waals surface area contributed by atoms with Crippen molar-refractivity contribution in [3.63, 3.8) is 0 Å². The average molecular weight is 490 g/mol. The van der Waals surface area contributed by atoms with Crippen molar-refractivity contribution in [1.29, 1.82) is 0 Å². The number of nitrogens with two attached hydrogens (primary N) is 2. The summed E-state index contributed by atoms with van der Waals surface area (Å²) in [7, 11) is -7.71. The summed E-state index contributed by atoms with van der Waals surface area (Å²) in [5, 5.41) is 15.2. The highest BCUT2D eigenvalue weighted by Crippen LogP contribution is 2.03. The minimum absolute atomic E-state index is 0.0451. The lowest BCUT2D eigenvalue weighted by Gasteiger charge is -2.12. The van der Waals surface area contributed by atoms with E-state index < -0.39 is 26.4 Å². The van der Waals surface area contributed by atoms with Gasteiger partial charge in [0.05, 0.1) is 6.54 Å². The molecule has 0 aliphatic rings.